The highest BCUT2D eigenvalue weighted by molar-refractivity contribution is 5.75. The average molecular weight is 440 g/mol. The number of carbonyl (C=O) groups is 1. The summed E-state index contributed by atoms with van der Waals surface area (Å²) in [5, 5.41) is 5.86. The molecule has 1 fully saturated rings. The number of hydrogen-bond donors (Lipinski definition) is 2. The maximum absolute atomic E-state index is 13.0. The Bertz CT molecular complexity index is 708. The van der Waals surface area contributed by atoms with E-state index in [2.05, 4.69) is 10.6 Å². The second-order valence-corrected chi connectivity index (χ2v) is 8.02. The van der Waals surface area contributed by atoms with E-state index in [4.69, 9.17) is 4.74 Å². The number of alkyl halides is 6. The van der Waals surface area contributed by atoms with Crippen LogP contribution in [-0.4, -0.2) is 31.6 Å². The number of halogens is 6. The molecule has 1 heterocycles. The van der Waals surface area contributed by atoms with Gasteiger partial charge in [0.05, 0.1) is 23.8 Å². The Hall–Kier alpha value is -1.81. The number of rotatable bonds is 6. The molecule has 0 bridgehead atoms. The number of carbonyl (C=O) groups excluding carboxylic acids is 1. The standard InChI is InChI=1S/C20H26F6N2O2/c1-12(14-7-15(19(21,22)23)9-16(8-14)20(24,25)26)30-11-18(2)5-4-13(10-28-18)6-17(29)27-3/h7-9,12-13,28H,4-6,10-11H2,1-3H3,(H,27,29)/t12-,13-,18-/m1/s1. The Morgan fingerprint density at radius 2 is 1.77 bits per heavy atom. The maximum atomic E-state index is 13.0. The van der Waals surface area contributed by atoms with Crippen LogP contribution >= 0.6 is 0 Å². The highest BCUT2D eigenvalue weighted by atomic mass is 19.4. The van der Waals surface area contributed by atoms with Crippen molar-refractivity contribution in [1.82, 2.24) is 10.6 Å². The summed E-state index contributed by atoms with van der Waals surface area (Å²) >= 11 is 0. The van der Waals surface area contributed by atoms with E-state index in [-0.39, 0.29) is 30.1 Å². The number of hydrogen-bond acceptors (Lipinski definition) is 3. The third kappa shape index (κ3) is 6.60. The number of benzene rings is 1. The molecule has 10 heteroatoms. The van der Waals surface area contributed by atoms with Gasteiger partial charge in [0.25, 0.3) is 0 Å². The predicted molar refractivity (Wildman–Crippen MR) is 98.6 cm³/mol. The normalized spacial score (nSPS) is 23.8. The monoisotopic (exact) mass is 440 g/mol. The maximum Gasteiger partial charge on any atom is 0.416 e. The zero-order valence-corrected chi connectivity index (χ0v) is 17.0. The van der Waals surface area contributed by atoms with Gasteiger partial charge in [-0.2, -0.15) is 26.3 Å². The molecule has 0 unspecified atom stereocenters. The molecule has 170 valence electrons. The Kier molecular flexibility index (Phi) is 7.45. The van der Waals surface area contributed by atoms with E-state index in [1.165, 1.54) is 6.92 Å². The van der Waals surface area contributed by atoms with Gasteiger partial charge in [-0.15, -0.1) is 0 Å². The Labute approximate surface area is 171 Å². The molecule has 2 N–H and O–H groups in total. The third-order valence-electron chi connectivity index (χ3n) is 5.41. The summed E-state index contributed by atoms with van der Waals surface area (Å²) in [7, 11) is 1.57. The fourth-order valence-electron chi connectivity index (χ4n) is 3.38. The SMILES string of the molecule is CNC(=O)C[C@H]1CC[C@](C)(CO[C@H](C)c2cc(C(F)(F)F)cc(C(F)(F)F)c2)NC1. The molecule has 4 nitrogen and oxygen atoms in total. The van der Waals surface area contributed by atoms with Crippen LogP contribution in [0.4, 0.5) is 26.3 Å². The van der Waals surface area contributed by atoms with Gasteiger partial charge in [0, 0.05) is 19.0 Å². The first-order valence-electron chi connectivity index (χ1n) is 9.60. The van der Waals surface area contributed by atoms with Crippen molar-refractivity contribution in [2.75, 3.05) is 20.2 Å². The van der Waals surface area contributed by atoms with Crippen LogP contribution in [-0.2, 0) is 21.9 Å². The van der Waals surface area contributed by atoms with Crippen molar-refractivity contribution in [2.24, 2.45) is 5.92 Å². The van der Waals surface area contributed by atoms with Crippen LogP contribution in [0.5, 0.6) is 0 Å². The van der Waals surface area contributed by atoms with Crippen molar-refractivity contribution in [2.45, 2.75) is 57.1 Å². The van der Waals surface area contributed by atoms with Gasteiger partial charge in [0.15, 0.2) is 0 Å². The van der Waals surface area contributed by atoms with E-state index in [9.17, 15) is 31.1 Å². The van der Waals surface area contributed by atoms with Crippen LogP contribution < -0.4 is 10.6 Å². The van der Waals surface area contributed by atoms with Crippen molar-refractivity contribution in [3.05, 3.63) is 34.9 Å². The predicted octanol–water partition coefficient (Wildman–Crippen LogP) is 4.70. The second kappa shape index (κ2) is 9.13. The number of amides is 1. The minimum Gasteiger partial charge on any atom is -0.372 e. The third-order valence-corrected chi connectivity index (χ3v) is 5.41. The van der Waals surface area contributed by atoms with Gasteiger partial charge in [0.2, 0.25) is 5.91 Å². The lowest BCUT2D eigenvalue weighted by atomic mass is 9.84. The summed E-state index contributed by atoms with van der Waals surface area (Å²) in [6, 6.07) is 1.48. The van der Waals surface area contributed by atoms with Crippen molar-refractivity contribution >= 4 is 5.91 Å². The summed E-state index contributed by atoms with van der Waals surface area (Å²) in [6.45, 7) is 3.99. The molecule has 1 aliphatic heterocycles. The van der Waals surface area contributed by atoms with Gasteiger partial charge in [-0.1, -0.05) is 0 Å². The van der Waals surface area contributed by atoms with Crippen molar-refractivity contribution in [3.63, 3.8) is 0 Å². The molecule has 1 aliphatic rings. The lowest BCUT2D eigenvalue weighted by Gasteiger charge is -2.39. The van der Waals surface area contributed by atoms with Gasteiger partial charge < -0.3 is 15.4 Å². The van der Waals surface area contributed by atoms with Gasteiger partial charge in [0.1, 0.15) is 0 Å². The lowest BCUT2D eigenvalue weighted by Crippen LogP contribution is -2.52. The lowest BCUT2D eigenvalue weighted by molar-refractivity contribution is -0.143. The molecule has 0 spiro atoms. The zero-order chi connectivity index (χ0) is 22.7. The molecule has 2 rings (SSSR count). The largest absolute Gasteiger partial charge is 0.416 e. The molecule has 1 aromatic rings. The molecule has 1 amide bonds. The number of ether oxygens (including phenoxy) is 1. The Morgan fingerprint density at radius 1 is 1.20 bits per heavy atom. The minimum atomic E-state index is -4.90. The summed E-state index contributed by atoms with van der Waals surface area (Å²) in [5.41, 5.74) is -3.39. The molecule has 1 aromatic carbocycles. The molecule has 0 radical (unpaired) electrons. The molecule has 3 atom stereocenters. The summed E-state index contributed by atoms with van der Waals surface area (Å²) < 4.78 is 83.9. The highest BCUT2D eigenvalue weighted by Gasteiger charge is 2.38. The van der Waals surface area contributed by atoms with Crippen molar-refractivity contribution < 1.29 is 35.9 Å². The van der Waals surface area contributed by atoms with Crippen LogP contribution in [0.1, 0.15) is 55.9 Å². The number of piperidine rings is 1. The van der Waals surface area contributed by atoms with E-state index < -0.39 is 35.1 Å². The summed E-state index contributed by atoms with van der Waals surface area (Å²) in [5.74, 6) is 0.105. The van der Waals surface area contributed by atoms with E-state index in [0.717, 1.165) is 6.42 Å². The van der Waals surface area contributed by atoms with Crippen LogP contribution in [0.15, 0.2) is 18.2 Å². The first-order chi connectivity index (χ1) is 13.7. The fraction of sp³-hybridized carbons (Fsp3) is 0.650. The molecule has 0 aliphatic carbocycles. The van der Waals surface area contributed by atoms with Crippen LogP contribution in [0.25, 0.3) is 0 Å². The molecule has 30 heavy (non-hydrogen) atoms. The molecule has 0 saturated carbocycles. The van der Waals surface area contributed by atoms with E-state index >= 15 is 0 Å². The second-order valence-electron chi connectivity index (χ2n) is 8.02. The molecule has 1 saturated heterocycles. The van der Waals surface area contributed by atoms with E-state index in [1.807, 2.05) is 6.92 Å². The Morgan fingerprint density at radius 3 is 2.20 bits per heavy atom. The van der Waals surface area contributed by atoms with Crippen molar-refractivity contribution in [1.29, 1.82) is 0 Å². The topological polar surface area (TPSA) is 50.4 Å². The highest BCUT2D eigenvalue weighted by Crippen LogP contribution is 2.38. The van der Waals surface area contributed by atoms with Crippen LogP contribution in [0, 0.1) is 5.92 Å². The smallest absolute Gasteiger partial charge is 0.372 e. The fourth-order valence-corrected chi connectivity index (χ4v) is 3.38. The Balaban J connectivity index is 2.06. The van der Waals surface area contributed by atoms with Gasteiger partial charge in [-0.05, 0) is 62.9 Å². The first-order valence-corrected chi connectivity index (χ1v) is 9.60. The quantitative estimate of drug-likeness (QED) is 0.631. The molecular weight excluding hydrogens is 414 g/mol. The molecular formula is C20H26F6N2O2. The summed E-state index contributed by atoms with van der Waals surface area (Å²) in [6.07, 6.45) is -8.94. The summed E-state index contributed by atoms with van der Waals surface area (Å²) in [4.78, 5) is 11.5. The minimum absolute atomic E-state index is 0.0553. The van der Waals surface area contributed by atoms with Crippen molar-refractivity contribution in [3.8, 4) is 0 Å². The van der Waals surface area contributed by atoms with E-state index in [1.54, 1.807) is 7.05 Å². The van der Waals surface area contributed by atoms with Gasteiger partial charge in [-0.3, -0.25) is 4.79 Å². The van der Waals surface area contributed by atoms with Crippen LogP contribution in [0.2, 0.25) is 0 Å². The zero-order valence-electron chi connectivity index (χ0n) is 17.0. The first kappa shape index (κ1) is 24.5. The van der Waals surface area contributed by atoms with E-state index in [0.29, 0.717) is 31.5 Å². The molecule has 0 aromatic heterocycles. The van der Waals surface area contributed by atoms with Gasteiger partial charge in [-0.25, -0.2) is 0 Å². The average Bonchev–Trinajstić information content (AvgIpc) is 2.66. The number of nitrogens with one attached hydrogen (secondary N) is 2. The van der Waals surface area contributed by atoms with Gasteiger partial charge >= 0.3 is 12.4 Å². The van der Waals surface area contributed by atoms with Crippen LogP contribution in [0.3, 0.4) is 0 Å².